The Morgan fingerprint density at radius 1 is 1.09 bits per heavy atom. The lowest BCUT2D eigenvalue weighted by atomic mass is 10.00. The molecule has 4 rings (SSSR count). The molecule has 0 unspecified atom stereocenters. The highest BCUT2D eigenvalue weighted by Crippen LogP contribution is 2.30. The first-order chi connectivity index (χ1) is 16.7. The fourth-order valence-electron chi connectivity index (χ4n) is 3.91. The number of aromatic nitrogens is 4. The summed E-state index contributed by atoms with van der Waals surface area (Å²) in [7, 11) is 1.86. The minimum Gasteiger partial charge on any atom is -0.352 e. The molecule has 8 nitrogen and oxygen atoms in total. The lowest BCUT2D eigenvalue weighted by Crippen LogP contribution is -2.51. The third kappa shape index (κ3) is 5.22. The maximum atomic E-state index is 13.9. The van der Waals surface area contributed by atoms with E-state index < -0.39 is 11.6 Å². The highest BCUT2D eigenvalue weighted by molar-refractivity contribution is 6.30. The number of benzene rings is 2. The number of rotatable bonds is 8. The van der Waals surface area contributed by atoms with Crippen molar-refractivity contribution in [3.8, 4) is 0 Å². The third-order valence-electron chi connectivity index (χ3n) is 6.19. The first-order valence-corrected chi connectivity index (χ1v) is 11.9. The van der Waals surface area contributed by atoms with Crippen LogP contribution < -0.4 is 10.2 Å². The van der Waals surface area contributed by atoms with E-state index in [1.807, 2.05) is 75.0 Å². The van der Waals surface area contributed by atoms with Crippen molar-refractivity contribution in [3.63, 3.8) is 0 Å². The normalized spacial score (nSPS) is 12.5. The van der Waals surface area contributed by atoms with E-state index in [0.717, 1.165) is 11.9 Å². The van der Waals surface area contributed by atoms with Crippen LogP contribution in [0, 0.1) is 0 Å². The summed E-state index contributed by atoms with van der Waals surface area (Å²) < 4.78 is 3.40. The summed E-state index contributed by atoms with van der Waals surface area (Å²) in [4.78, 5) is 29.2. The molecule has 0 spiro atoms. The quantitative estimate of drug-likeness (QED) is 0.392. The van der Waals surface area contributed by atoms with Gasteiger partial charge in [0.15, 0.2) is 6.04 Å². The summed E-state index contributed by atoms with van der Waals surface area (Å²) in [5.74, 6) is -0.580. The second-order valence-corrected chi connectivity index (χ2v) is 9.59. The predicted octanol–water partition coefficient (Wildman–Crippen LogP) is 4.50. The standard InChI is InChI=1S/C26H29ClN6O2/c1-5-26(2,3)28-25(35)24(22-11-8-16-31(22)4)33(19-14-12-18(27)13-15-19)23(34)17-32-21-10-7-6-9-20(21)29-30-32/h6-16,24H,5,17H2,1-4H3,(H,28,35)/t24-/m0/s1. The lowest BCUT2D eigenvalue weighted by molar-refractivity contribution is -0.128. The number of aryl methyl sites for hydroxylation is 1. The zero-order valence-corrected chi connectivity index (χ0v) is 21.0. The third-order valence-corrected chi connectivity index (χ3v) is 6.45. The van der Waals surface area contributed by atoms with Gasteiger partial charge in [0, 0.05) is 29.5 Å². The summed E-state index contributed by atoms with van der Waals surface area (Å²) in [5.41, 5.74) is 2.22. The number of nitrogens with one attached hydrogen (secondary N) is 1. The number of hydrogen-bond donors (Lipinski definition) is 1. The molecule has 2 aromatic carbocycles. The lowest BCUT2D eigenvalue weighted by Gasteiger charge is -2.34. The molecule has 0 aliphatic carbocycles. The summed E-state index contributed by atoms with van der Waals surface area (Å²) in [6.45, 7) is 5.84. The highest BCUT2D eigenvalue weighted by atomic mass is 35.5. The first-order valence-electron chi connectivity index (χ1n) is 11.5. The van der Waals surface area contributed by atoms with Gasteiger partial charge < -0.3 is 9.88 Å². The van der Waals surface area contributed by atoms with Gasteiger partial charge >= 0.3 is 0 Å². The van der Waals surface area contributed by atoms with Gasteiger partial charge in [-0.05, 0) is 68.8 Å². The van der Waals surface area contributed by atoms with Crippen molar-refractivity contribution in [2.75, 3.05) is 4.90 Å². The second kappa shape index (κ2) is 9.92. The van der Waals surface area contributed by atoms with Crippen molar-refractivity contribution in [2.24, 2.45) is 7.05 Å². The topological polar surface area (TPSA) is 85.0 Å². The van der Waals surface area contributed by atoms with Crippen molar-refractivity contribution < 1.29 is 9.59 Å². The monoisotopic (exact) mass is 492 g/mol. The van der Waals surface area contributed by atoms with Gasteiger partial charge in [-0.25, -0.2) is 4.68 Å². The maximum absolute atomic E-state index is 13.9. The number of para-hydroxylation sites is 1. The number of carbonyl (C=O) groups excluding carboxylic acids is 2. The molecule has 0 aliphatic rings. The molecule has 0 saturated heterocycles. The average molecular weight is 493 g/mol. The van der Waals surface area contributed by atoms with Crippen LogP contribution >= 0.6 is 11.6 Å². The number of amides is 2. The van der Waals surface area contributed by atoms with Crippen LogP contribution in [0.2, 0.25) is 5.02 Å². The van der Waals surface area contributed by atoms with Crippen molar-refractivity contribution in [1.82, 2.24) is 24.9 Å². The molecule has 35 heavy (non-hydrogen) atoms. The Bertz CT molecular complexity index is 1340. The van der Waals surface area contributed by atoms with Crippen molar-refractivity contribution >= 4 is 40.1 Å². The zero-order chi connectivity index (χ0) is 25.2. The van der Waals surface area contributed by atoms with Crippen molar-refractivity contribution in [1.29, 1.82) is 0 Å². The minimum atomic E-state index is -0.913. The largest absolute Gasteiger partial charge is 0.352 e. The fraction of sp³-hybridized carbons (Fsp3) is 0.308. The minimum absolute atomic E-state index is 0.0888. The molecule has 4 aromatic rings. The smallest absolute Gasteiger partial charge is 0.249 e. The molecule has 9 heteroatoms. The summed E-state index contributed by atoms with van der Waals surface area (Å²) in [6.07, 6.45) is 2.59. The summed E-state index contributed by atoms with van der Waals surface area (Å²) in [6, 6.07) is 17.1. The van der Waals surface area contributed by atoms with Crippen molar-refractivity contribution in [2.45, 2.75) is 45.3 Å². The van der Waals surface area contributed by atoms with E-state index in [1.165, 1.54) is 4.90 Å². The maximum Gasteiger partial charge on any atom is 0.249 e. The molecular formula is C26H29ClN6O2. The van der Waals surface area contributed by atoms with Crippen LogP contribution in [0.15, 0.2) is 66.9 Å². The molecule has 182 valence electrons. The Labute approximate surface area is 209 Å². The van der Waals surface area contributed by atoms with Gasteiger partial charge in [-0.15, -0.1) is 5.10 Å². The molecule has 0 saturated carbocycles. The van der Waals surface area contributed by atoms with Crippen LogP contribution in [0.5, 0.6) is 0 Å². The van der Waals surface area contributed by atoms with Gasteiger partial charge in [0.25, 0.3) is 0 Å². The molecule has 1 N–H and O–H groups in total. The van der Waals surface area contributed by atoms with Crippen LogP contribution in [-0.2, 0) is 23.2 Å². The number of fused-ring (bicyclic) bond motifs is 1. The molecule has 0 fully saturated rings. The van der Waals surface area contributed by atoms with Gasteiger partial charge in [-0.3, -0.25) is 14.5 Å². The van der Waals surface area contributed by atoms with Crippen LogP contribution in [0.25, 0.3) is 11.0 Å². The zero-order valence-electron chi connectivity index (χ0n) is 20.3. The molecule has 2 amide bonds. The fourth-order valence-corrected chi connectivity index (χ4v) is 4.04. The van der Waals surface area contributed by atoms with E-state index in [9.17, 15) is 9.59 Å². The SMILES string of the molecule is CCC(C)(C)NC(=O)[C@H](c1cccn1C)N(C(=O)Cn1nnc2ccccc21)c1ccc(Cl)cc1. The van der Waals surface area contributed by atoms with Gasteiger partial charge in [-0.1, -0.05) is 35.9 Å². The number of anilines is 1. The Balaban J connectivity index is 1.80. The molecule has 2 heterocycles. The van der Waals surface area contributed by atoms with Gasteiger partial charge in [-0.2, -0.15) is 0 Å². The van der Waals surface area contributed by atoms with Crippen LogP contribution in [0.4, 0.5) is 5.69 Å². The number of halogens is 1. The van der Waals surface area contributed by atoms with Gasteiger partial charge in [0.1, 0.15) is 12.1 Å². The van der Waals surface area contributed by atoms with Crippen LogP contribution in [-0.4, -0.2) is 36.9 Å². The molecule has 0 radical (unpaired) electrons. The molecule has 0 aliphatic heterocycles. The second-order valence-electron chi connectivity index (χ2n) is 9.15. The van der Waals surface area contributed by atoms with E-state index in [1.54, 1.807) is 28.9 Å². The van der Waals surface area contributed by atoms with E-state index in [0.29, 0.717) is 21.9 Å². The highest BCUT2D eigenvalue weighted by Gasteiger charge is 2.36. The Morgan fingerprint density at radius 2 is 1.80 bits per heavy atom. The number of nitrogens with zero attached hydrogens (tertiary/aromatic N) is 5. The van der Waals surface area contributed by atoms with Gasteiger partial charge in [0.05, 0.1) is 11.2 Å². The predicted molar refractivity (Wildman–Crippen MR) is 137 cm³/mol. The molecule has 0 bridgehead atoms. The van der Waals surface area contributed by atoms with E-state index in [2.05, 4.69) is 15.6 Å². The molecular weight excluding hydrogens is 464 g/mol. The molecule has 2 aromatic heterocycles. The Hall–Kier alpha value is -3.65. The van der Waals surface area contributed by atoms with E-state index in [4.69, 9.17) is 11.6 Å². The van der Waals surface area contributed by atoms with Crippen molar-refractivity contribution in [3.05, 3.63) is 77.6 Å². The number of hydrogen-bond acceptors (Lipinski definition) is 4. The Morgan fingerprint density at radius 3 is 2.46 bits per heavy atom. The molecule has 1 atom stereocenters. The van der Waals surface area contributed by atoms with Crippen LogP contribution in [0.1, 0.15) is 38.9 Å². The summed E-state index contributed by atoms with van der Waals surface area (Å²) >= 11 is 6.14. The summed E-state index contributed by atoms with van der Waals surface area (Å²) in [5, 5.41) is 12.0. The first kappa shape index (κ1) is 24.5. The Kier molecular flexibility index (Phi) is 6.93. The average Bonchev–Trinajstić information content (AvgIpc) is 3.44. The van der Waals surface area contributed by atoms with E-state index in [-0.39, 0.29) is 18.4 Å². The number of carbonyl (C=O) groups is 2. The van der Waals surface area contributed by atoms with Crippen LogP contribution in [0.3, 0.4) is 0 Å². The van der Waals surface area contributed by atoms with E-state index >= 15 is 0 Å². The van der Waals surface area contributed by atoms with Gasteiger partial charge in [0.2, 0.25) is 11.8 Å².